The summed E-state index contributed by atoms with van der Waals surface area (Å²) in [7, 11) is 0. The van der Waals surface area contributed by atoms with Crippen molar-refractivity contribution in [3.05, 3.63) is 28.0 Å². The summed E-state index contributed by atoms with van der Waals surface area (Å²) in [6, 6.07) is 3.33. The zero-order chi connectivity index (χ0) is 13.4. The van der Waals surface area contributed by atoms with Gasteiger partial charge in [-0.3, -0.25) is 0 Å². The Morgan fingerprint density at radius 2 is 1.84 bits per heavy atom. The van der Waals surface area contributed by atoms with Gasteiger partial charge in [-0.25, -0.2) is 0 Å². The van der Waals surface area contributed by atoms with Crippen molar-refractivity contribution in [2.75, 3.05) is 5.73 Å². The molecule has 0 unspecified atom stereocenters. The molecule has 0 spiro atoms. The second-order valence-corrected chi connectivity index (χ2v) is 5.57. The van der Waals surface area contributed by atoms with Gasteiger partial charge in [0, 0.05) is 5.92 Å². The molecule has 1 saturated carbocycles. The van der Waals surface area contributed by atoms with Crippen LogP contribution < -0.4 is 5.73 Å². The first-order valence-electron chi connectivity index (χ1n) is 6.24. The van der Waals surface area contributed by atoms with E-state index in [1.165, 1.54) is 12.8 Å². The molecule has 0 amide bonds. The molecule has 1 fully saturated rings. The lowest BCUT2D eigenvalue weighted by atomic mass is 10.1. The van der Waals surface area contributed by atoms with Gasteiger partial charge in [0.15, 0.2) is 5.82 Å². The molecule has 1 aliphatic carbocycles. The van der Waals surface area contributed by atoms with Crippen LogP contribution >= 0.6 is 23.2 Å². The van der Waals surface area contributed by atoms with E-state index in [9.17, 15) is 0 Å². The highest BCUT2D eigenvalue weighted by Crippen LogP contribution is 2.38. The molecule has 0 bridgehead atoms. The zero-order valence-electron chi connectivity index (χ0n) is 10.2. The van der Waals surface area contributed by atoms with Crippen molar-refractivity contribution >= 4 is 28.9 Å². The van der Waals surface area contributed by atoms with Gasteiger partial charge in [0.05, 0.1) is 21.3 Å². The Morgan fingerprint density at radius 3 is 2.58 bits per heavy atom. The van der Waals surface area contributed by atoms with E-state index in [4.69, 9.17) is 33.5 Å². The third-order valence-corrected chi connectivity index (χ3v) is 4.16. The van der Waals surface area contributed by atoms with Crippen LogP contribution in [0.2, 0.25) is 10.0 Å². The fraction of sp³-hybridized carbons (Fsp3) is 0.385. The van der Waals surface area contributed by atoms with Crippen LogP contribution in [0, 0.1) is 0 Å². The van der Waals surface area contributed by atoms with Crippen molar-refractivity contribution in [1.29, 1.82) is 0 Å². The molecule has 0 radical (unpaired) electrons. The molecule has 0 saturated heterocycles. The van der Waals surface area contributed by atoms with Crippen LogP contribution in [0.5, 0.6) is 0 Å². The lowest BCUT2D eigenvalue weighted by molar-refractivity contribution is 0.416. The van der Waals surface area contributed by atoms with Crippen molar-refractivity contribution in [1.82, 2.24) is 10.1 Å². The van der Waals surface area contributed by atoms with Gasteiger partial charge in [0.25, 0.3) is 5.89 Å². The van der Waals surface area contributed by atoms with E-state index in [0.717, 1.165) is 18.7 Å². The molecule has 1 aromatic heterocycles. The molecule has 4 nitrogen and oxygen atoms in total. The molecule has 19 heavy (non-hydrogen) atoms. The van der Waals surface area contributed by atoms with E-state index in [1.807, 2.05) is 0 Å². The van der Waals surface area contributed by atoms with Gasteiger partial charge in [0.2, 0.25) is 0 Å². The Kier molecular flexibility index (Phi) is 3.37. The third kappa shape index (κ3) is 2.30. The molecule has 1 heterocycles. The number of benzene rings is 1. The van der Waals surface area contributed by atoms with Crippen LogP contribution in [-0.4, -0.2) is 10.1 Å². The van der Waals surface area contributed by atoms with Crippen molar-refractivity contribution in [2.45, 2.75) is 31.6 Å². The highest BCUT2D eigenvalue weighted by atomic mass is 35.5. The van der Waals surface area contributed by atoms with Crippen molar-refractivity contribution < 1.29 is 4.52 Å². The second kappa shape index (κ2) is 5.02. The van der Waals surface area contributed by atoms with Crippen LogP contribution in [0.25, 0.3) is 11.5 Å². The van der Waals surface area contributed by atoms with E-state index in [0.29, 0.717) is 33.1 Å². The summed E-state index contributed by atoms with van der Waals surface area (Å²) in [5.41, 5.74) is 6.82. The van der Waals surface area contributed by atoms with Gasteiger partial charge in [-0.05, 0) is 25.0 Å². The highest BCUT2D eigenvalue weighted by molar-refractivity contribution is 6.37. The summed E-state index contributed by atoms with van der Waals surface area (Å²) >= 11 is 12.1. The monoisotopic (exact) mass is 297 g/mol. The molecule has 2 aromatic rings. The summed E-state index contributed by atoms with van der Waals surface area (Å²) in [5.74, 6) is 1.46. The van der Waals surface area contributed by atoms with E-state index < -0.39 is 0 Å². The molecule has 0 aliphatic heterocycles. The number of halogens is 2. The normalized spacial score (nSPS) is 16.1. The maximum atomic E-state index is 6.14. The smallest absolute Gasteiger partial charge is 0.261 e. The van der Waals surface area contributed by atoms with E-state index in [1.54, 1.807) is 12.1 Å². The summed E-state index contributed by atoms with van der Waals surface area (Å²) in [4.78, 5) is 4.42. The number of rotatable bonds is 2. The van der Waals surface area contributed by atoms with Crippen molar-refractivity contribution in [3.8, 4) is 11.5 Å². The number of anilines is 1. The quantitative estimate of drug-likeness (QED) is 0.840. The first-order chi connectivity index (χ1) is 9.16. The Bertz CT molecular complexity index is 606. The van der Waals surface area contributed by atoms with Crippen LogP contribution in [-0.2, 0) is 0 Å². The largest absolute Gasteiger partial charge is 0.397 e. The average Bonchev–Trinajstić information content (AvgIpc) is 3.04. The fourth-order valence-corrected chi connectivity index (χ4v) is 2.87. The Hall–Kier alpha value is -1.26. The molecule has 0 atom stereocenters. The first-order valence-corrected chi connectivity index (χ1v) is 7.00. The van der Waals surface area contributed by atoms with Gasteiger partial charge >= 0.3 is 0 Å². The van der Waals surface area contributed by atoms with Gasteiger partial charge in [-0.15, -0.1) is 0 Å². The lowest BCUT2D eigenvalue weighted by Gasteiger charge is -2.05. The molecule has 3 rings (SSSR count). The van der Waals surface area contributed by atoms with Gasteiger partial charge < -0.3 is 10.3 Å². The van der Waals surface area contributed by atoms with E-state index in [-0.39, 0.29) is 0 Å². The fourth-order valence-electron chi connectivity index (χ4n) is 2.47. The zero-order valence-corrected chi connectivity index (χ0v) is 11.7. The number of nitrogens with zero attached hydrogens (tertiary/aromatic N) is 2. The number of hydrogen-bond acceptors (Lipinski definition) is 4. The SMILES string of the molecule is Nc1c(Cl)ccc(Cl)c1-c1nc(C2CCCC2)no1. The first kappa shape index (κ1) is 12.8. The number of hydrogen-bond donors (Lipinski definition) is 1. The molecule has 1 aliphatic rings. The molecule has 2 N–H and O–H groups in total. The highest BCUT2D eigenvalue weighted by Gasteiger charge is 2.24. The van der Waals surface area contributed by atoms with Gasteiger partial charge in [-0.1, -0.05) is 41.2 Å². The predicted molar refractivity (Wildman–Crippen MR) is 75.4 cm³/mol. The minimum absolute atomic E-state index is 0.340. The maximum Gasteiger partial charge on any atom is 0.261 e. The Labute approximate surface area is 120 Å². The summed E-state index contributed by atoms with van der Waals surface area (Å²) in [6.45, 7) is 0. The standard InChI is InChI=1S/C13H13Cl2N3O/c14-8-5-6-9(15)11(16)10(8)13-17-12(18-19-13)7-3-1-2-4-7/h5-7H,1-4,16H2. The predicted octanol–water partition coefficient (Wildman–Crippen LogP) is 4.28. The Morgan fingerprint density at radius 1 is 1.16 bits per heavy atom. The third-order valence-electron chi connectivity index (χ3n) is 3.52. The molecular weight excluding hydrogens is 285 g/mol. The minimum atomic E-state index is 0.340. The lowest BCUT2D eigenvalue weighted by Crippen LogP contribution is -1.96. The summed E-state index contributed by atoms with van der Waals surface area (Å²) in [5, 5.41) is 4.94. The molecule has 1 aromatic carbocycles. The number of nitrogen functional groups attached to an aromatic ring is 1. The van der Waals surface area contributed by atoms with Crippen LogP contribution in [0.15, 0.2) is 16.7 Å². The van der Waals surface area contributed by atoms with E-state index in [2.05, 4.69) is 10.1 Å². The number of nitrogens with two attached hydrogens (primary N) is 1. The minimum Gasteiger partial charge on any atom is -0.397 e. The van der Waals surface area contributed by atoms with Crippen molar-refractivity contribution in [2.24, 2.45) is 0 Å². The second-order valence-electron chi connectivity index (χ2n) is 4.76. The molecule has 6 heteroatoms. The summed E-state index contributed by atoms with van der Waals surface area (Å²) in [6.07, 6.45) is 4.65. The average molecular weight is 298 g/mol. The number of aromatic nitrogens is 2. The van der Waals surface area contributed by atoms with Crippen LogP contribution in [0.1, 0.15) is 37.4 Å². The summed E-state index contributed by atoms with van der Waals surface area (Å²) < 4.78 is 5.30. The topological polar surface area (TPSA) is 64.9 Å². The maximum absolute atomic E-state index is 6.14. The van der Waals surface area contributed by atoms with Crippen molar-refractivity contribution in [3.63, 3.8) is 0 Å². The van der Waals surface area contributed by atoms with Gasteiger partial charge in [0.1, 0.15) is 0 Å². The van der Waals surface area contributed by atoms with Crippen LogP contribution in [0.4, 0.5) is 5.69 Å². The molecular formula is C13H13Cl2N3O. The van der Waals surface area contributed by atoms with E-state index >= 15 is 0 Å². The molecule has 100 valence electrons. The van der Waals surface area contributed by atoms with Crippen LogP contribution in [0.3, 0.4) is 0 Å². The van der Waals surface area contributed by atoms with Gasteiger partial charge in [-0.2, -0.15) is 4.98 Å². The Balaban J connectivity index is 2.01.